The second-order valence-corrected chi connectivity index (χ2v) is 7.02. The summed E-state index contributed by atoms with van der Waals surface area (Å²) >= 11 is 0. The molecule has 0 unspecified atom stereocenters. The first-order valence-electron chi connectivity index (χ1n) is 6.64. The van der Waals surface area contributed by atoms with Gasteiger partial charge in [0.25, 0.3) is 0 Å². The predicted molar refractivity (Wildman–Crippen MR) is 83.6 cm³/mol. The maximum Gasteiger partial charge on any atom is 0.241 e. The van der Waals surface area contributed by atoms with Crippen molar-refractivity contribution in [2.75, 3.05) is 26.4 Å². The van der Waals surface area contributed by atoms with Crippen LogP contribution in [0.1, 0.15) is 23.1 Å². The zero-order valence-electron chi connectivity index (χ0n) is 13.1. The Bertz CT molecular complexity index is 652. The summed E-state index contributed by atoms with van der Waals surface area (Å²) in [5, 5.41) is 0. The molecule has 0 saturated heterocycles. The lowest BCUT2D eigenvalue weighted by Gasteiger charge is -2.16. The quantitative estimate of drug-likeness (QED) is 0.792. The number of benzene rings is 1. The molecule has 1 aromatic carbocycles. The molecule has 0 heterocycles. The van der Waals surface area contributed by atoms with Crippen molar-refractivity contribution < 1.29 is 13.2 Å². The average Bonchev–Trinajstić information content (AvgIpc) is 2.35. The Labute approximate surface area is 126 Å². The summed E-state index contributed by atoms with van der Waals surface area (Å²) in [4.78, 5) is 13.1. The predicted octanol–water partition coefficient (Wildman–Crippen LogP) is 0.951. The maximum atomic E-state index is 12.4. The van der Waals surface area contributed by atoms with Crippen LogP contribution in [0.2, 0.25) is 0 Å². The van der Waals surface area contributed by atoms with E-state index < -0.39 is 10.0 Å². The number of carbonyl (C=O) groups is 1. The second-order valence-electron chi connectivity index (χ2n) is 5.31. The van der Waals surface area contributed by atoms with Crippen molar-refractivity contribution in [3.8, 4) is 0 Å². The van der Waals surface area contributed by atoms with Crippen LogP contribution in [0.5, 0.6) is 0 Å². The number of sulfonamides is 1. The third-order valence-corrected chi connectivity index (χ3v) is 5.11. The lowest BCUT2D eigenvalue weighted by molar-refractivity contribution is -0.128. The first-order chi connectivity index (χ1) is 9.58. The first kappa shape index (κ1) is 17.5. The highest BCUT2D eigenvalue weighted by molar-refractivity contribution is 7.89. The van der Waals surface area contributed by atoms with E-state index in [4.69, 9.17) is 5.73 Å². The summed E-state index contributed by atoms with van der Waals surface area (Å²) in [6.45, 7) is 5.33. The molecular formula is C14H23N3O3S. The SMILES string of the molecule is Cc1cc(C)c(S(=O)(=O)NCCC(=O)N(C)C)c(C)c1N. The molecular weight excluding hydrogens is 290 g/mol. The smallest absolute Gasteiger partial charge is 0.241 e. The van der Waals surface area contributed by atoms with Gasteiger partial charge in [-0.3, -0.25) is 4.79 Å². The van der Waals surface area contributed by atoms with Gasteiger partial charge in [-0.25, -0.2) is 13.1 Å². The first-order valence-corrected chi connectivity index (χ1v) is 8.12. The summed E-state index contributed by atoms with van der Waals surface area (Å²) in [7, 11) is -0.421. The Morgan fingerprint density at radius 2 is 1.81 bits per heavy atom. The summed E-state index contributed by atoms with van der Waals surface area (Å²) in [6.07, 6.45) is 0.117. The molecule has 118 valence electrons. The summed E-state index contributed by atoms with van der Waals surface area (Å²) < 4.78 is 27.3. The van der Waals surface area contributed by atoms with Gasteiger partial charge < -0.3 is 10.6 Å². The van der Waals surface area contributed by atoms with Gasteiger partial charge in [0.1, 0.15) is 0 Å². The molecule has 0 saturated carbocycles. The van der Waals surface area contributed by atoms with E-state index in [1.165, 1.54) is 4.90 Å². The van der Waals surface area contributed by atoms with Gasteiger partial charge in [0.05, 0.1) is 4.90 Å². The molecule has 1 rings (SSSR count). The van der Waals surface area contributed by atoms with Crippen molar-refractivity contribution in [3.05, 3.63) is 22.8 Å². The Morgan fingerprint density at radius 1 is 1.24 bits per heavy atom. The van der Waals surface area contributed by atoms with Crippen LogP contribution in [-0.4, -0.2) is 39.9 Å². The number of hydrogen-bond donors (Lipinski definition) is 2. The molecule has 1 amide bonds. The molecule has 0 spiro atoms. The van der Waals surface area contributed by atoms with Crippen LogP contribution in [0.3, 0.4) is 0 Å². The fourth-order valence-electron chi connectivity index (χ4n) is 2.18. The van der Waals surface area contributed by atoms with Crippen LogP contribution in [0, 0.1) is 20.8 Å². The fraction of sp³-hybridized carbons (Fsp3) is 0.500. The average molecular weight is 313 g/mol. The standard InChI is InChI=1S/C14H23N3O3S/c1-9-8-10(2)14(11(3)13(9)15)21(19,20)16-7-6-12(18)17(4)5/h8,16H,6-7,15H2,1-5H3. The van der Waals surface area contributed by atoms with Crippen LogP contribution in [-0.2, 0) is 14.8 Å². The molecule has 0 aliphatic heterocycles. The van der Waals surface area contributed by atoms with Crippen LogP contribution >= 0.6 is 0 Å². The number of anilines is 1. The number of hydrogen-bond acceptors (Lipinski definition) is 4. The molecule has 0 bridgehead atoms. The minimum atomic E-state index is -3.68. The molecule has 6 nitrogen and oxygen atoms in total. The van der Waals surface area contributed by atoms with Gasteiger partial charge in [-0.2, -0.15) is 0 Å². The molecule has 0 fully saturated rings. The fourth-order valence-corrected chi connectivity index (χ4v) is 3.69. The zero-order chi connectivity index (χ0) is 16.4. The monoisotopic (exact) mass is 313 g/mol. The highest BCUT2D eigenvalue weighted by Gasteiger charge is 2.22. The lowest BCUT2D eigenvalue weighted by Crippen LogP contribution is -2.31. The number of nitrogens with two attached hydrogens (primary N) is 1. The Hall–Kier alpha value is -1.60. The molecule has 3 N–H and O–H groups in total. The van der Waals surface area contributed by atoms with Crippen LogP contribution < -0.4 is 10.5 Å². The van der Waals surface area contributed by atoms with Gasteiger partial charge in [-0.05, 0) is 37.5 Å². The number of amides is 1. The zero-order valence-corrected chi connectivity index (χ0v) is 14.0. The van der Waals surface area contributed by atoms with Crippen molar-refractivity contribution in [1.29, 1.82) is 0 Å². The van der Waals surface area contributed by atoms with Crippen molar-refractivity contribution in [2.24, 2.45) is 0 Å². The Balaban J connectivity index is 3.00. The van der Waals surface area contributed by atoms with E-state index in [9.17, 15) is 13.2 Å². The molecule has 0 aromatic heterocycles. The molecule has 21 heavy (non-hydrogen) atoms. The van der Waals surface area contributed by atoms with E-state index in [-0.39, 0.29) is 23.8 Å². The summed E-state index contributed by atoms with van der Waals surface area (Å²) in [5.41, 5.74) is 8.43. The van der Waals surface area contributed by atoms with Crippen LogP contribution in [0.4, 0.5) is 5.69 Å². The number of nitrogen functional groups attached to an aromatic ring is 1. The number of aryl methyl sites for hydroxylation is 2. The largest absolute Gasteiger partial charge is 0.398 e. The van der Waals surface area contributed by atoms with Gasteiger partial charge in [0, 0.05) is 32.7 Å². The molecule has 0 atom stereocenters. The second kappa shape index (κ2) is 6.44. The van der Waals surface area contributed by atoms with Crippen LogP contribution in [0.25, 0.3) is 0 Å². The number of nitrogens with zero attached hydrogens (tertiary/aromatic N) is 1. The van der Waals surface area contributed by atoms with Crippen LogP contribution in [0.15, 0.2) is 11.0 Å². The van der Waals surface area contributed by atoms with Crippen molar-refractivity contribution in [2.45, 2.75) is 32.1 Å². The van der Waals surface area contributed by atoms with E-state index in [0.29, 0.717) is 16.8 Å². The molecule has 1 aromatic rings. The van der Waals surface area contributed by atoms with Gasteiger partial charge >= 0.3 is 0 Å². The van der Waals surface area contributed by atoms with Gasteiger partial charge in [0.15, 0.2) is 0 Å². The van der Waals surface area contributed by atoms with E-state index in [2.05, 4.69) is 4.72 Å². The Kier molecular flexibility index (Phi) is 5.36. The van der Waals surface area contributed by atoms with E-state index in [0.717, 1.165) is 5.56 Å². The summed E-state index contributed by atoms with van der Waals surface area (Å²) in [6, 6.07) is 1.75. The third kappa shape index (κ3) is 3.95. The number of carbonyl (C=O) groups excluding carboxylic acids is 1. The van der Waals surface area contributed by atoms with Crippen molar-refractivity contribution in [3.63, 3.8) is 0 Å². The van der Waals surface area contributed by atoms with E-state index in [1.54, 1.807) is 34.0 Å². The van der Waals surface area contributed by atoms with Gasteiger partial charge in [-0.1, -0.05) is 6.07 Å². The highest BCUT2D eigenvalue weighted by atomic mass is 32.2. The Morgan fingerprint density at radius 3 is 2.33 bits per heavy atom. The van der Waals surface area contributed by atoms with E-state index in [1.807, 2.05) is 6.92 Å². The maximum absolute atomic E-state index is 12.4. The number of rotatable bonds is 5. The summed E-state index contributed by atoms with van der Waals surface area (Å²) in [5.74, 6) is -0.130. The van der Waals surface area contributed by atoms with E-state index >= 15 is 0 Å². The van der Waals surface area contributed by atoms with Crippen molar-refractivity contribution in [1.82, 2.24) is 9.62 Å². The topological polar surface area (TPSA) is 92.5 Å². The normalized spacial score (nSPS) is 11.5. The minimum absolute atomic E-state index is 0.0615. The highest BCUT2D eigenvalue weighted by Crippen LogP contribution is 2.27. The number of nitrogens with one attached hydrogen (secondary N) is 1. The molecule has 0 aliphatic carbocycles. The minimum Gasteiger partial charge on any atom is -0.398 e. The molecule has 0 aliphatic rings. The van der Waals surface area contributed by atoms with Gasteiger partial charge in [-0.15, -0.1) is 0 Å². The molecule has 0 radical (unpaired) electrons. The lowest BCUT2D eigenvalue weighted by atomic mass is 10.1. The molecule has 7 heteroatoms. The van der Waals surface area contributed by atoms with Gasteiger partial charge in [0.2, 0.25) is 15.9 Å². The van der Waals surface area contributed by atoms with Crippen molar-refractivity contribution >= 4 is 21.6 Å². The third-order valence-electron chi connectivity index (χ3n) is 3.36.